The van der Waals surface area contributed by atoms with E-state index in [4.69, 9.17) is 0 Å². The fourth-order valence-electron chi connectivity index (χ4n) is 2.35. The van der Waals surface area contributed by atoms with Crippen LogP contribution in [-0.4, -0.2) is 9.55 Å². The molecule has 0 amide bonds. The Kier molecular flexibility index (Phi) is 3.69. The molecule has 0 spiro atoms. The number of nitrogens with zero attached hydrogens (tertiary/aromatic N) is 2. The van der Waals surface area contributed by atoms with Crippen LogP contribution in [0.3, 0.4) is 0 Å². The van der Waals surface area contributed by atoms with Crippen molar-refractivity contribution in [2.45, 2.75) is 19.2 Å². The molecule has 2 aromatic carbocycles. The highest BCUT2D eigenvalue weighted by atomic mass is 79.9. The molecule has 0 radical (unpaired) electrons. The van der Waals surface area contributed by atoms with E-state index < -0.39 is 0 Å². The molecule has 0 aliphatic carbocycles. The van der Waals surface area contributed by atoms with Crippen molar-refractivity contribution in [2.75, 3.05) is 0 Å². The van der Waals surface area contributed by atoms with Crippen LogP contribution in [0.5, 0.6) is 0 Å². The first-order valence-corrected chi connectivity index (χ1v) is 8.30. The Labute approximate surface area is 135 Å². The Morgan fingerprint density at radius 1 is 1.10 bits per heavy atom. The molecule has 0 aliphatic heterocycles. The molecule has 20 heavy (non-hydrogen) atoms. The van der Waals surface area contributed by atoms with E-state index in [2.05, 4.69) is 85.6 Å². The molecule has 1 aromatic heterocycles. The number of aromatic nitrogens is 2. The van der Waals surface area contributed by atoms with Crippen LogP contribution in [0.15, 0.2) is 41.1 Å². The third kappa shape index (κ3) is 2.31. The number of hydrogen-bond donors (Lipinski definition) is 0. The third-order valence-electron chi connectivity index (χ3n) is 3.61. The second-order valence-electron chi connectivity index (χ2n) is 4.95. The van der Waals surface area contributed by atoms with Crippen LogP contribution in [0.25, 0.3) is 16.7 Å². The number of fused-ring (bicyclic) bond motifs is 1. The van der Waals surface area contributed by atoms with E-state index in [-0.39, 0.29) is 0 Å². The molecule has 0 N–H and O–H groups in total. The number of imidazole rings is 1. The second kappa shape index (κ2) is 5.34. The number of halogens is 2. The minimum Gasteiger partial charge on any atom is -0.299 e. The van der Waals surface area contributed by atoms with E-state index in [1.165, 1.54) is 16.7 Å². The predicted molar refractivity (Wildman–Crippen MR) is 90.9 cm³/mol. The van der Waals surface area contributed by atoms with Gasteiger partial charge in [-0.15, -0.1) is 0 Å². The Hall–Kier alpha value is -1.13. The summed E-state index contributed by atoms with van der Waals surface area (Å²) in [4.78, 5) is 4.53. The topological polar surface area (TPSA) is 17.8 Å². The Morgan fingerprint density at radius 2 is 1.85 bits per heavy atom. The SMILES string of the molecule is Cc1cc2ncn(-c3ccc(Br)cc3CBr)c2cc1C. The third-order valence-corrected chi connectivity index (χ3v) is 4.71. The molecule has 2 nitrogen and oxygen atoms in total. The first kappa shape index (κ1) is 13.8. The van der Waals surface area contributed by atoms with E-state index in [1.807, 2.05) is 6.33 Å². The lowest BCUT2D eigenvalue weighted by atomic mass is 10.1. The van der Waals surface area contributed by atoms with Crippen LogP contribution in [-0.2, 0) is 5.33 Å². The van der Waals surface area contributed by atoms with Crippen LogP contribution in [0.4, 0.5) is 0 Å². The molecule has 0 saturated carbocycles. The molecule has 0 unspecified atom stereocenters. The van der Waals surface area contributed by atoms with E-state index >= 15 is 0 Å². The molecule has 4 heteroatoms. The predicted octanol–water partition coefficient (Wildman–Crippen LogP) is 5.30. The molecular formula is C16H14Br2N2. The van der Waals surface area contributed by atoms with Gasteiger partial charge in [-0.1, -0.05) is 31.9 Å². The zero-order valence-corrected chi connectivity index (χ0v) is 14.5. The zero-order valence-electron chi connectivity index (χ0n) is 11.3. The molecule has 3 aromatic rings. The van der Waals surface area contributed by atoms with Gasteiger partial charge in [0.2, 0.25) is 0 Å². The van der Waals surface area contributed by atoms with E-state index in [1.54, 1.807) is 0 Å². The Morgan fingerprint density at radius 3 is 2.60 bits per heavy atom. The van der Waals surface area contributed by atoms with Gasteiger partial charge < -0.3 is 0 Å². The fraction of sp³-hybridized carbons (Fsp3) is 0.188. The smallest absolute Gasteiger partial charge is 0.100 e. The maximum atomic E-state index is 4.53. The summed E-state index contributed by atoms with van der Waals surface area (Å²) in [5, 5.41) is 0.812. The summed E-state index contributed by atoms with van der Waals surface area (Å²) in [5.41, 5.74) is 7.15. The Bertz CT molecular complexity index is 791. The quantitative estimate of drug-likeness (QED) is 0.540. The minimum atomic E-state index is 0.812. The molecular weight excluding hydrogens is 380 g/mol. The summed E-state index contributed by atoms with van der Waals surface area (Å²) in [6, 6.07) is 10.7. The highest BCUT2D eigenvalue weighted by Gasteiger charge is 2.10. The van der Waals surface area contributed by atoms with Gasteiger partial charge in [-0.25, -0.2) is 4.98 Å². The molecule has 0 aliphatic rings. The molecule has 1 heterocycles. The van der Waals surface area contributed by atoms with Crippen molar-refractivity contribution >= 4 is 42.9 Å². The van der Waals surface area contributed by atoms with Gasteiger partial charge in [0.15, 0.2) is 0 Å². The van der Waals surface area contributed by atoms with Crippen molar-refractivity contribution in [3.8, 4) is 5.69 Å². The van der Waals surface area contributed by atoms with Gasteiger partial charge in [0.1, 0.15) is 6.33 Å². The van der Waals surface area contributed by atoms with Gasteiger partial charge in [0.05, 0.1) is 16.7 Å². The van der Waals surface area contributed by atoms with Crippen molar-refractivity contribution in [1.82, 2.24) is 9.55 Å². The molecule has 102 valence electrons. The van der Waals surface area contributed by atoms with E-state index in [0.29, 0.717) is 0 Å². The van der Waals surface area contributed by atoms with Crippen molar-refractivity contribution in [1.29, 1.82) is 0 Å². The van der Waals surface area contributed by atoms with Gasteiger partial charge >= 0.3 is 0 Å². The molecule has 3 rings (SSSR count). The van der Waals surface area contributed by atoms with Crippen LogP contribution in [0.2, 0.25) is 0 Å². The highest BCUT2D eigenvalue weighted by Crippen LogP contribution is 2.27. The molecule has 0 bridgehead atoms. The van der Waals surface area contributed by atoms with Gasteiger partial charge in [0.25, 0.3) is 0 Å². The van der Waals surface area contributed by atoms with Crippen LogP contribution < -0.4 is 0 Å². The van der Waals surface area contributed by atoms with Crippen LogP contribution >= 0.6 is 31.9 Å². The summed E-state index contributed by atoms with van der Waals surface area (Å²) >= 11 is 7.09. The van der Waals surface area contributed by atoms with Crippen LogP contribution in [0, 0.1) is 13.8 Å². The number of rotatable bonds is 2. The number of alkyl halides is 1. The monoisotopic (exact) mass is 392 g/mol. The standard InChI is InChI=1S/C16H14Br2N2/c1-10-5-14-16(6-11(10)2)20(9-19-14)15-4-3-13(18)7-12(15)8-17/h3-7,9H,8H2,1-2H3. The lowest BCUT2D eigenvalue weighted by Crippen LogP contribution is -1.97. The van der Waals surface area contributed by atoms with E-state index in [0.717, 1.165) is 26.5 Å². The maximum absolute atomic E-state index is 4.53. The average molecular weight is 394 g/mol. The van der Waals surface area contributed by atoms with Gasteiger partial charge in [-0.05, 0) is 60.9 Å². The van der Waals surface area contributed by atoms with Gasteiger partial charge in [-0.3, -0.25) is 4.57 Å². The van der Waals surface area contributed by atoms with Gasteiger partial charge in [-0.2, -0.15) is 0 Å². The largest absolute Gasteiger partial charge is 0.299 e. The fourth-order valence-corrected chi connectivity index (χ4v) is 3.21. The summed E-state index contributed by atoms with van der Waals surface area (Å²) in [6.45, 7) is 4.26. The zero-order chi connectivity index (χ0) is 14.3. The number of hydrogen-bond acceptors (Lipinski definition) is 1. The first-order chi connectivity index (χ1) is 9.60. The summed E-state index contributed by atoms with van der Waals surface area (Å²) in [6.07, 6.45) is 1.90. The first-order valence-electron chi connectivity index (χ1n) is 6.39. The van der Waals surface area contributed by atoms with Crippen molar-refractivity contribution in [3.05, 3.63) is 57.8 Å². The van der Waals surface area contributed by atoms with Crippen molar-refractivity contribution < 1.29 is 0 Å². The molecule has 0 fully saturated rings. The molecule has 0 saturated heterocycles. The summed E-state index contributed by atoms with van der Waals surface area (Å²) < 4.78 is 3.25. The number of benzene rings is 2. The lowest BCUT2D eigenvalue weighted by molar-refractivity contribution is 1.07. The van der Waals surface area contributed by atoms with Crippen molar-refractivity contribution in [3.63, 3.8) is 0 Å². The average Bonchev–Trinajstić information content (AvgIpc) is 2.82. The molecule has 0 atom stereocenters. The maximum Gasteiger partial charge on any atom is 0.100 e. The summed E-state index contributed by atoms with van der Waals surface area (Å²) in [7, 11) is 0. The Balaban J connectivity index is 2.27. The lowest BCUT2D eigenvalue weighted by Gasteiger charge is -2.11. The van der Waals surface area contributed by atoms with Crippen molar-refractivity contribution in [2.24, 2.45) is 0 Å². The number of aryl methyl sites for hydroxylation is 2. The highest BCUT2D eigenvalue weighted by molar-refractivity contribution is 9.10. The normalized spacial score (nSPS) is 11.2. The van der Waals surface area contributed by atoms with E-state index in [9.17, 15) is 0 Å². The second-order valence-corrected chi connectivity index (χ2v) is 6.42. The minimum absolute atomic E-state index is 0.812. The summed E-state index contributed by atoms with van der Waals surface area (Å²) in [5.74, 6) is 0. The van der Waals surface area contributed by atoms with Gasteiger partial charge in [0, 0.05) is 9.80 Å². The van der Waals surface area contributed by atoms with Crippen LogP contribution in [0.1, 0.15) is 16.7 Å².